The van der Waals surface area contributed by atoms with Crippen LogP contribution in [-0.2, 0) is 10.0 Å². The minimum Gasteiger partial charge on any atom is -0.202 e. The Morgan fingerprint density at radius 1 is 0.710 bits per heavy atom. The minimum atomic E-state index is -5.64. The Bertz CT molecular complexity index is 977. The predicted octanol–water partition coefficient (Wildman–Crippen LogP) is 6.84. The van der Waals surface area contributed by atoms with E-state index in [1.807, 2.05) is 6.92 Å². The second kappa shape index (κ2) is 9.46. The molecule has 0 fully saturated rings. The van der Waals surface area contributed by atoms with Crippen molar-refractivity contribution in [1.29, 1.82) is 0 Å². The zero-order valence-corrected chi connectivity index (χ0v) is 18.6. The average molecular weight is 468 g/mol. The highest BCUT2D eigenvalue weighted by molar-refractivity contribution is 8.36. The highest BCUT2D eigenvalue weighted by atomic mass is 32.3. The Kier molecular flexibility index (Phi) is 7.13. The van der Waals surface area contributed by atoms with Crippen LogP contribution in [0.5, 0.6) is 0 Å². The molecule has 3 aromatic rings. The normalized spacial score (nSPS) is 13.3. The Balaban J connectivity index is 2.48. The van der Waals surface area contributed by atoms with Gasteiger partial charge in [-0.2, -0.15) is 13.2 Å². The van der Waals surface area contributed by atoms with Crippen molar-refractivity contribution in [3.8, 4) is 0 Å². The monoisotopic (exact) mass is 467 g/mol. The summed E-state index contributed by atoms with van der Waals surface area (Å²) >= 11 is 0. The van der Waals surface area contributed by atoms with Gasteiger partial charge in [-0.15, -0.1) is 3.71 Å². The largest absolute Gasteiger partial charge is 0.512 e. The SMILES string of the molecule is CCCCN(S(c1ccccc1)(c1ccccc1)c1ccccc1)S(=O)(=O)C(F)(F)F. The molecule has 0 N–H and O–H groups in total. The Hall–Kier alpha value is -2.29. The van der Waals surface area contributed by atoms with E-state index in [9.17, 15) is 21.6 Å². The zero-order valence-electron chi connectivity index (χ0n) is 17.0. The van der Waals surface area contributed by atoms with Gasteiger partial charge >= 0.3 is 15.5 Å². The molecule has 0 aromatic heterocycles. The molecule has 166 valence electrons. The lowest BCUT2D eigenvalue weighted by molar-refractivity contribution is -0.0468. The van der Waals surface area contributed by atoms with E-state index in [1.54, 1.807) is 91.0 Å². The quantitative estimate of drug-likeness (QED) is 0.364. The first-order valence-corrected chi connectivity index (χ1v) is 12.9. The lowest BCUT2D eigenvalue weighted by Crippen LogP contribution is -2.43. The molecule has 31 heavy (non-hydrogen) atoms. The second-order valence-corrected chi connectivity index (χ2v) is 11.9. The average Bonchev–Trinajstić information content (AvgIpc) is 2.77. The van der Waals surface area contributed by atoms with Crippen molar-refractivity contribution in [2.45, 2.75) is 40.0 Å². The summed E-state index contributed by atoms with van der Waals surface area (Å²) in [6.07, 6.45) is 0.855. The van der Waals surface area contributed by atoms with Crippen LogP contribution < -0.4 is 0 Å². The van der Waals surface area contributed by atoms with E-state index >= 15 is 0 Å². The number of unbranched alkanes of at least 4 members (excludes halogenated alkanes) is 1. The van der Waals surface area contributed by atoms with Gasteiger partial charge < -0.3 is 0 Å². The number of hydrogen-bond donors (Lipinski definition) is 0. The van der Waals surface area contributed by atoms with Gasteiger partial charge in [-0.25, -0.2) is 8.42 Å². The third-order valence-corrected chi connectivity index (χ3v) is 11.0. The molecule has 0 aliphatic rings. The molecule has 0 unspecified atom stereocenters. The number of nitrogens with zero attached hydrogens (tertiary/aromatic N) is 1. The fourth-order valence-electron chi connectivity index (χ4n) is 3.42. The molecule has 8 heteroatoms. The first kappa shape index (κ1) is 23.4. The minimum absolute atomic E-state index is 0.244. The molecule has 0 saturated carbocycles. The lowest BCUT2D eigenvalue weighted by Gasteiger charge is -2.48. The smallest absolute Gasteiger partial charge is 0.202 e. The standard InChI is InChI=1S/C23H24F3NO2S2/c1-2-3-19-27(31(28,29)23(24,25)26)30(20-13-7-4-8-14-20,21-15-9-5-10-16-21)22-17-11-6-12-18-22/h4-18H,2-3,19H2,1H3. The van der Waals surface area contributed by atoms with Crippen LogP contribution in [-0.4, -0.2) is 24.2 Å². The lowest BCUT2D eigenvalue weighted by atomic mass is 10.3. The van der Waals surface area contributed by atoms with Crippen molar-refractivity contribution in [3.63, 3.8) is 0 Å². The van der Waals surface area contributed by atoms with E-state index in [2.05, 4.69) is 0 Å². The van der Waals surface area contributed by atoms with E-state index in [-0.39, 0.29) is 6.54 Å². The van der Waals surface area contributed by atoms with E-state index in [4.69, 9.17) is 0 Å². The van der Waals surface area contributed by atoms with Crippen LogP contribution in [0, 0.1) is 0 Å². The van der Waals surface area contributed by atoms with Crippen molar-refractivity contribution in [2.24, 2.45) is 0 Å². The molecule has 3 rings (SSSR count). The molecule has 0 bridgehead atoms. The number of benzene rings is 3. The number of rotatable bonds is 8. The molecule has 3 aromatic carbocycles. The summed E-state index contributed by atoms with van der Waals surface area (Å²) in [5.41, 5.74) is -5.42. The van der Waals surface area contributed by atoms with E-state index < -0.39 is 25.7 Å². The van der Waals surface area contributed by atoms with Crippen molar-refractivity contribution < 1.29 is 21.6 Å². The number of hydrogen-bond acceptors (Lipinski definition) is 2. The molecule has 0 aliphatic carbocycles. The molecule has 0 amide bonds. The van der Waals surface area contributed by atoms with Gasteiger partial charge in [-0.1, -0.05) is 78.2 Å². The van der Waals surface area contributed by atoms with Crippen LogP contribution >= 0.6 is 10.2 Å². The second-order valence-electron chi connectivity index (χ2n) is 6.85. The zero-order chi connectivity index (χ0) is 22.5. The Labute approximate surface area is 183 Å². The van der Waals surface area contributed by atoms with Crippen molar-refractivity contribution >= 4 is 20.2 Å². The first-order chi connectivity index (χ1) is 14.8. The molecular formula is C23H24F3NO2S2. The number of halogens is 3. The van der Waals surface area contributed by atoms with Gasteiger partial charge in [0.1, 0.15) is 0 Å². The molecule has 0 spiro atoms. The van der Waals surface area contributed by atoms with Crippen molar-refractivity contribution in [3.05, 3.63) is 91.0 Å². The maximum Gasteiger partial charge on any atom is 0.512 e. The summed E-state index contributed by atoms with van der Waals surface area (Å²) in [4.78, 5) is 1.57. The number of alkyl halides is 3. The maximum atomic E-state index is 14.0. The fourth-order valence-corrected chi connectivity index (χ4v) is 9.80. The van der Waals surface area contributed by atoms with Gasteiger partial charge in [-0.05, 0) is 42.8 Å². The van der Waals surface area contributed by atoms with Gasteiger partial charge in [0, 0.05) is 21.2 Å². The summed E-state index contributed by atoms with van der Waals surface area (Å²) in [6, 6.07) is 25.9. The van der Waals surface area contributed by atoms with Crippen LogP contribution in [0.1, 0.15) is 19.8 Å². The van der Waals surface area contributed by atoms with Gasteiger partial charge in [0.15, 0.2) is 0 Å². The van der Waals surface area contributed by atoms with E-state index in [1.165, 1.54) is 0 Å². The Morgan fingerprint density at radius 2 is 1.06 bits per heavy atom. The van der Waals surface area contributed by atoms with Crippen LogP contribution in [0.25, 0.3) is 0 Å². The van der Waals surface area contributed by atoms with Gasteiger partial charge in [0.25, 0.3) is 0 Å². The summed E-state index contributed by atoms with van der Waals surface area (Å²) in [7, 11) is -8.60. The van der Waals surface area contributed by atoms with Crippen LogP contribution in [0.2, 0.25) is 0 Å². The van der Waals surface area contributed by atoms with Crippen LogP contribution in [0.4, 0.5) is 13.2 Å². The summed E-state index contributed by atoms with van der Waals surface area (Å²) in [5.74, 6) is 0. The fraction of sp³-hybridized carbons (Fsp3) is 0.217. The third kappa shape index (κ3) is 4.37. The van der Waals surface area contributed by atoms with Gasteiger partial charge in [0.05, 0.1) is 0 Å². The molecule has 0 saturated heterocycles. The molecular weight excluding hydrogens is 443 g/mol. The molecule has 0 radical (unpaired) electrons. The summed E-state index contributed by atoms with van der Waals surface area (Å²) < 4.78 is 68.7. The highest BCUT2D eigenvalue weighted by Gasteiger charge is 2.56. The van der Waals surface area contributed by atoms with Crippen LogP contribution in [0.15, 0.2) is 106 Å². The highest BCUT2D eigenvalue weighted by Crippen LogP contribution is 2.72. The topological polar surface area (TPSA) is 37.4 Å². The molecule has 3 nitrogen and oxygen atoms in total. The summed E-state index contributed by atoms with van der Waals surface area (Å²) in [6.45, 7) is 1.58. The van der Waals surface area contributed by atoms with Crippen molar-refractivity contribution in [1.82, 2.24) is 3.71 Å². The first-order valence-electron chi connectivity index (χ1n) is 9.84. The predicted molar refractivity (Wildman–Crippen MR) is 118 cm³/mol. The molecule has 0 atom stereocenters. The van der Waals surface area contributed by atoms with Crippen molar-refractivity contribution in [2.75, 3.05) is 6.54 Å². The van der Waals surface area contributed by atoms with Crippen LogP contribution in [0.3, 0.4) is 0 Å². The molecule has 0 aliphatic heterocycles. The third-order valence-electron chi connectivity index (χ3n) is 4.81. The Morgan fingerprint density at radius 3 is 1.35 bits per heavy atom. The van der Waals surface area contributed by atoms with E-state index in [0.29, 0.717) is 31.2 Å². The number of sulfonamides is 1. The van der Waals surface area contributed by atoms with Gasteiger partial charge in [0.2, 0.25) is 0 Å². The van der Waals surface area contributed by atoms with Gasteiger partial charge in [-0.3, -0.25) is 0 Å². The molecule has 0 heterocycles. The summed E-state index contributed by atoms with van der Waals surface area (Å²) in [5, 5.41) is 0. The maximum absolute atomic E-state index is 14.0. The van der Waals surface area contributed by atoms with E-state index in [0.717, 1.165) is 0 Å².